The maximum absolute atomic E-state index is 5.07. The van der Waals surface area contributed by atoms with E-state index in [4.69, 9.17) is 4.74 Å². The van der Waals surface area contributed by atoms with Gasteiger partial charge in [-0.3, -0.25) is 0 Å². The summed E-state index contributed by atoms with van der Waals surface area (Å²) in [5.41, 5.74) is 2.26. The summed E-state index contributed by atoms with van der Waals surface area (Å²) >= 11 is 1.69. The van der Waals surface area contributed by atoms with Gasteiger partial charge >= 0.3 is 0 Å². The van der Waals surface area contributed by atoms with Crippen molar-refractivity contribution in [2.45, 2.75) is 26.3 Å². The average molecular weight is 251 g/mol. The van der Waals surface area contributed by atoms with Crippen LogP contribution >= 0.6 is 11.3 Å². The van der Waals surface area contributed by atoms with E-state index in [0.29, 0.717) is 6.04 Å². The Kier molecular flexibility index (Phi) is 3.91. The quantitative estimate of drug-likeness (QED) is 0.887. The van der Waals surface area contributed by atoms with Crippen molar-refractivity contribution < 1.29 is 4.74 Å². The van der Waals surface area contributed by atoms with Gasteiger partial charge in [0.1, 0.15) is 12.1 Å². The molecule has 0 amide bonds. The van der Waals surface area contributed by atoms with Crippen molar-refractivity contribution in [3.05, 3.63) is 17.3 Å². The highest BCUT2D eigenvalue weighted by Crippen LogP contribution is 2.28. The van der Waals surface area contributed by atoms with Gasteiger partial charge < -0.3 is 10.1 Å². The van der Waals surface area contributed by atoms with Crippen LogP contribution in [0.1, 0.15) is 18.9 Å². The number of methoxy groups -OCH3 is 1. The van der Waals surface area contributed by atoms with Crippen LogP contribution in [-0.2, 0) is 4.74 Å². The third-order valence-corrected chi connectivity index (χ3v) is 3.76. The zero-order valence-electron chi connectivity index (χ0n) is 10.4. The Morgan fingerprint density at radius 1 is 1.47 bits per heavy atom. The highest BCUT2D eigenvalue weighted by Gasteiger charge is 2.10. The van der Waals surface area contributed by atoms with E-state index in [1.54, 1.807) is 24.8 Å². The number of hydrogen-bond donors (Lipinski definition) is 1. The van der Waals surface area contributed by atoms with E-state index < -0.39 is 0 Å². The van der Waals surface area contributed by atoms with Gasteiger partial charge in [-0.05, 0) is 31.2 Å². The van der Waals surface area contributed by atoms with E-state index in [2.05, 4.69) is 34.5 Å². The summed E-state index contributed by atoms with van der Waals surface area (Å²) < 4.78 is 6.21. The van der Waals surface area contributed by atoms with Gasteiger partial charge in [0.05, 0.1) is 10.2 Å². The lowest BCUT2D eigenvalue weighted by molar-refractivity contribution is 0.191. The monoisotopic (exact) mass is 251 g/mol. The third kappa shape index (κ3) is 2.73. The fourth-order valence-corrected chi connectivity index (χ4v) is 2.63. The molecule has 0 saturated carbocycles. The molecule has 0 spiro atoms. The number of hydrogen-bond acceptors (Lipinski definition) is 5. The molecule has 0 aromatic carbocycles. The second kappa shape index (κ2) is 5.42. The second-order valence-corrected chi connectivity index (χ2v) is 5.03. The first-order chi connectivity index (χ1) is 8.22. The molecule has 0 bridgehead atoms. The van der Waals surface area contributed by atoms with Crippen LogP contribution in [0.3, 0.4) is 0 Å². The first kappa shape index (κ1) is 12.3. The van der Waals surface area contributed by atoms with Crippen LogP contribution in [0, 0.1) is 6.92 Å². The minimum absolute atomic E-state index is 0.343. The Balaban J connectivity index is 2.18. The topological polar surface area (TPSA) is 47.0 Å². The molecule has 0 aliphatic rings. The molecule has 92 valence electrons. The SMILES string of the molecule is COCCC(C)Nc1ncnc2c(C)csc12. The summed E-state index contributed by atoms with van der Waals surface area (Å²) in [6, 6.07) is 0.343. The summed E-state index contributed by atoms with van der Waals surface area (Å²) in [5, 5.41) is 5.53. The normalized spacial score (nSPS) is 12.9. The minimum atomic E-state index is 0.343. The van der Waals surface area contributed by atoms with Crippen LogP contribution in [0.15, 0.2) is 11.7 Å². The molecule has 0 aliphatic carbocycles. The van der Waals surface area contributed by atoms with Gasteiger partial charge in [0.15, 0.2) is 0 Å². The smallest absolute Gasteiger partial charge is 0.147 e. The van der Waals surface area contributed by atoms with Crippen molar-refractivity contribution in [1.29, 1.82) is 0 Å². The molecule has 17 heavy (non-hydrogen) atoms. The molecule has 1 N–H and O–H groups in total. The van der Waals surface area contributed by atoms with E-state index in [1.165, 1.54) is 5.56 Å². The van der Waals surface area contributed by atoms with Crippen LogP contribution in [0.4, 0.5) is 5.82 Å². The molecule has 0 aliphatic heterocycles. The number of aromatic nitrogens is 2. The Morgan fingerprint density at radius 3 is 3.06 bits per heavy atom. The molecular formula is C12H17N3OS. The highest BCUT2D eigenvalue weighted by atomic mass is 32.1. The number of ether oxygens (including phenoxy) is 1. The van der Waals surface area contributed by atoms with Crippen molar-refractivity contribution >= 4 is 27.4 Å². The van der Waals surface area contributed by atoms with Crippen LogP contribution in [0.5, 0.6) is 0 Å². The molecule has 0 saturated heterocycles. The molecule has 5 heteroatoms. The van der Waals surface area contributed by atoms with E-state index >= 15 is 0 Å². The Morgan fingerprint density at radius 2 is 2.29 bits per heavy atom. The van der Waals surface area contributed by atoms with Gasteiger partial charge in [-0.15, -0.1) is 11.3 Å². The molecule has 0 radical (unpaired) electrons. The standard InChI is InChI=1S/C12H17N3OS/c1-8-6-17-11-10(8)13-7-14-12(11)15-9(2)4-5-16-3/h6-7,9H,4-5H2,1-3H3,(H,13,14,15). The van der Waals surface area contributed by atoms with Gasteiger partial charge in [0, 0.05) is 19.8 Å². The molecule has 2 aromatic heterocycles. The van der Waals surface area contributed by atoms with Gasteiger partial charge in [-0.2, -0.15) is 0 Å². The van der Waals surface area contributed by atoms with Gasteiger partial charge in [-0.1, -0.05) is 0 Å². The van der Waals surface area contributed by atoms with Crippen LogP contribution in [0.2, 0.25) is 0 Å². The summed E-state index contributed by atoms with van der Waals surface area (Å²) in [5.74, 6) is 0.928. The number of aryl methyl sites for hydroxylation is 1. The molecule has 4 nitrogen and oxygen atoms in total. The lowest BCUT2D eigenvalue weighted by atomic mass is 10.2. The number of fused-ring (bicyclic) bond motifs is 1. The highest BCUT2D eigenvalue weighted by molar-refractivity contribution is 7.18. The van der Waals surface area contributed by atoms with E-state index in [9.17, 15) is 0 Å². The maximum atomic E-state index is 5.07. The van der Waals surface area contributed by atoms with Gasteiger partial charge in [-0.25, -0.2) is 9.97 Å². The van der Waals surface area contributed by atoms with Crippen molar-refractivity contribution in [3.63, 3.8) is 0 Å². The maximum Gasteiger partial charge on any atom is 0.147 e. The van der Waals surface area contributed by atoms with E-state index in [1.807, 2.05) is 0 Å². The zero-order valence-corrected chi connectivity index (χ0v) is 11.2. The van der Waals surface area contributed by atoms with Crippen LogP contribution in [0.25, 0.3) is 10.2 Å². The predicted molar refractivity (Wildman–Crippen MR) is 71.7 cm³/mol. The largest absolute Gasteiger partial charge is 0.385 e. The predicted octanol–water partition coefficient (Wildman–Crippen LogP) is 2.84. The van der Waals surface area contributed by atoms with E-state index in [0.717, 1.165) is 29.1 Å². The number of nitrogens with one attached hydrogen (secondary N) is 1. The van der Waals surface area contributed by atoms with Crippen LogP contribution < -0.4 is 5.32 Å². The van der Waals surface area contributed by atoms with Crippen molar-refractivity contribution in [3.8, 4) is 0 Å². The summed E-state index contributed by atoms with van der Waals surface area (Å²) in [6.45, 7) is 4.96. The Hall–Kier alpha value is -1.20. The minimum Gasteiger partial charge on any atom is -0.385 e. The Labute approximate surface area is 105 Å². The summed E-state index contributed by atoms with van der Waals surface area (Å²) in [7, 11) is 1.72. The fraction of sp³-hybridized carbons (Fsp3) is 0.500. The van der Waals surface area contributed by atoms with Crippen molar-refractivity contribution in [2.75, 3.05) is 19.0 Å². The first-order valence-corrected chi connectivity index (χ1v) is 6.54. The first-order valence-electron chi connectivity index (χ1n) is 5.66. The zero-order chi connectivity index (χ0) is 12.3. The molecule has 2 rings (SSSR count). The number of nitrogens with zero attached hydrogens (tertiary/aromatic N) is 2. The molecule has 2 aromatic rings. The average Bonchev–Trinajstić information content (AvgIpc) is 2.70. The molecule has 1 atom stereocenters. The summed E-state index contributed by atoms with van der Waals surface area (Å²) in [6.07, 6.45) is 2.58. The van der Waals surface area contributed by atoms with Crippen LogP contribution in [-0.4, -0.2) is 29.7 Å². The lowest BCUT2D eigenvalue weighted by Gasteiger charge is -2.14. The molecular weight excluding hydrogens is 234 g/mol. The fourth-order valence-electron chi connectivity index (χ4n) is 1.67. The van der Waals surface area contributed by atoms with Gasteiger partial charge in [0.25, 0.3) is 0 Å². The Bertz CT molecular complexity index is 497. The number of anilines is 1. The third-order valence-electron chi connectivity index (χ3n) is 2.67. The molecule has 1 unspecified atom stereocenters. The molecule has 0 fully saturated rings. The van der Waals surface area contributed by atoms with E-state index in [-0.39, 0.29) is 0 Å². The second-order valence-electron chi connectivity index (χ2n) is 4.15. The number of rotatable bonds is 5. The van der Waals surface area contributed by atoms with Crippen molar-refractivity contribution in [1.82, 2.24) is 9.97 Å². The number of thiophene rings is 1. The van der Waals surface area contributed by atoms with Gasteiger partial charge in [0.2, 0.25) is 0 Å². The lowest BCUT2D eigenvalue weighted by Crippen LogP contribution is -2.18. The van der Waals surface area contributed by atoms with Crippen molar-refractivity contribution in [2.24, 2.45) is 0 Å². The summed E-state index contributed by atoms with van der Waals surface area (Å²) in [4.78, 5) is 8.62. The molecule has 2 heterocycles.